The molecule has 0 aliphatic rings. The van der Waals surface area contributed by atoms with Gasteiger partial charge in [-0.15, -0.1) is 0 Å². The van der Waals surface area contributed by atoms with E-state index in [0.717, 1.165) is 44.1 Å². The fraction of sp³-hybridized carbons (Fsp3) is 0.429. The molecule has 0 bridgehead atoms. The van der Waals surface area contributed by atoms with E-state index in [2.05, 4.69) is 60.4 Å². The summed E-state index contributed by atoms with van der Waals surface area (Å²) >= 11 is 0. The molecule has 2 N–H and O–H groups in total. The van der Waals surface area contributed by atoms with Gasteiger partial charge in [0.1, 0.15) is 0 Å². The van der Waals surface area contributed by atoms with Gasteiger partial charge in [0.15, 0.2) is 5.96 Å². The van der Waals surface area contributed by atoms with Gasteiger partial charge in [-0.1, -0.05) is 23.8 Å². The van der Waals surface area contributed by atoms with Crippen LogP contribution in [-0.2, 0) is 12.8 Å². The van der Waals surface area contributed by atoms with Crippen molar-refractivity contribution in [2.45, 2.75) is 40.5 Å². The number of aryl methyl sites for hydroxylation is 3. The van der Waals surface area contributed by atoms with Crippen LogP contribution in [0.4, 0.5) is 0 Å². The fourth-order valence-electron chi connectivity index (χ4n) is 3.08. The molecule has 1 heterocycles. The van der Waals surface area contributed by atoms with Gasteiger partial charge < -0.3 is 10.6 Å². The number of benzene rings is 1. The molecule has 1 aromatic carbocycles. The first-order valence-electron chi connectivity index (χ1n) is 9.09. The summed E-state index contributed by atoms with van der Waals surface area (Å²) in [7, 11) is 0. The number of aromatic nitrogens is 1. The molecule has 0 spiro atoms. The Kier molecular flexibility index (Phi) is 7.45. The molecule has 134 valence electrons. The van der Waals surface area contributed by atoms with Crippen molar-refractivity contribution in [2.24, 2.45) is 4.99 Å². The van der Waals surface area contributed by atoms with E-state index in [9.17, 15) is 0 Å². The Morgan fingerprint density at radius 3 is 2.44 bits per heavy atom. The molecule has 2 aromatic rings. The maximum absolute atomic E-state index is 4.65. The van der Waals surface area contributed by atoms with E-state index < -0.39 is 0 Å². The number of aliphatic imine (C=N–C) groups is 1. The van der Waals surface area contributed by atoms with Crippen LogP contribution >= 0.6 is 0 Å². The van der Waals surface area contributed by atoms with Gasteiger partial charge in [0, 0.05) is 37.9 Å². The van der Waals surface area contributed by atoms with Crippen LogP contribution in [0, 0.1) is 20.8 Å². The number of nitrogens with zero attached hydrogens (tertiary/aromatic N) is 2. The minimum absolute atomic E-state index is 0.731. The van der Waals surface area contributed by atoms with Gasteiger partial charge >= 0.3 is 0 Å². The maximum atomic E-state index is 4.65. The van der Waals surface area contributed by atoms with Crippen LogP contribution in [0.3, 0.4) is 0 Å². The molecule has 1 aromatic heterocycles. The highest BCUT2D eigenvalue weighted by Crippen LogP contribution is 2.16. The van der Waals surface area contributed by atoms with Crippen molar-refractivity contribution >= 4 is 5.96 Å². The topological polar surface area (TPSA) is 49.3 Å². The molecule has 0 saturated carbocycles. The molecular formula is C21H30N4. The lowest BCUT2D eigenvalue weighted by Crippen LogP contribution is -2.38. The molecule has 0 aliphatic carbocycles. The Balaban J connectivity index is 1.88. The van der Waals surface area contributed by atoms with Gasteiger partial charge in [0.2, 0.25) is 0 Å². The Bertz CT molecular complexity index is 669. The molecule has 4 heteroatoms. The lowest BCUT2D eigenvalue weighted by Gasteiger charge is -2.14. The van der Waals surface area contributed by atoms with Crippen LogP contribution < -0.4 is 10.6 Å². The van der Waals surface area contributed by atoms with E-state index in [-0.39, 0.29) is 0 Å². The summed E-state index contributed by atoms with van der Waals surface area (Å²) in [4.78, 5) is 8.99. The molecular weight excluding hydrogens is 308 g/mol. The van der Waals surface area contributed by atoms with Gasteiger partial charge in [-0.2, -0.15) is 0 Å². The molecule has 0 saturated heterocycles. The molecule has 0 atom stereocenters. The van der Waals surface area contributed by atoms with E-state index in [1.54, 1.807) is 0 Å². The largest absolute Gasteiger partial charge is 0.357 e. The molecule has 0 aliphatic heterocycles. The number of hydrogen-bond donors (Lipinski definition) is 2. The summed E-state index contributed by atoms with van der Waals surface area (Å²) in [6.45, 7) is 11.1. The third-order valence-electron chi connectivity index (χ3n) is 4.22. The monoisotopic (exact) mass is 338 g/mol. The number of hydrogen-bond acceptors (Lipinski definition) is 2. The first kappa shape index (κ1) is 19.0. The highest BCUT2D eigenvalue weighted by molar-refractivity contribution is 5.79. The molecule has 25 heavy (non-hydrogen) atoms. The average Bonchev–Trinajstić information content (AvgIpc) is 2.58. The van der Waals surface area contributed by atoms with Gasteiger partial charge in [0.25, 0.3) is 0 Å². The van der Waals surface area contributed by atoms with Crippen molar-refractivity contribution in [1.29, 1.82) is 0 Å². The van der Waals surface area contributed by atoms with Crippen LogP contribution in [-0.4, -0.2) is 30.6 Å². The van der Waals surface area contributed by atoms with Crippen molar-refractivity contribution in [3.8, 4) is 0 Å². The van der Waals surface area contributed by atoms with Crippen LogP contribution in [0.15, 0.2) is 41.5 Å². The summed E-state index contributed by atoms with van der Waals surface area (Å²) in [5.74, 6) is 0.876. The lowest BCUT2D eigenvalue weighted by molar-refractivity contribution is 0.790. The zero-order valence-electron chi connectivity index (χ0n) is 15.9. The minimum Gasteiger partial charge on any atom is -0.357 e. The normalized spacial score (nSPS) is 11.4. The SMILES string of the molecule is CCNC(=NCCc1ccccn1)NCCc1c(C)cc(C)cc1C. The number of pyridine rings is 1. The van der Waals surface area contributed by atoms with Crippen molar-refractivity contribution in [1.82, 2.24) is 15.6 Å². The predicted octanol–water partition coefficient (Wildman–Crippen LogP) is 3.35. The number of rotatable bonds is 7. The first-order valence-corrected chi connectivity index (χ1v) is 9.09. The van der Waals surface area contributed by atoms with Crippen molar-refractivity contribution in [3.05, 3.63) is 64.5 Å². The third-order valence-corrected chi connectivity index (χ3v) is 4.22. The van der Waals surface area contributed by atoms with Gasteiger partial charge in [-0.25, -0.2) is 0 Å². The average molecular weight is 338 g/mol. The smallest absolute Gasteiger partial charge is 0.191 e. The van der Waals surface area contributed by atoms with Crippen molar-refractivity contribution < 1.29 is 0 Å². The van der Waals surface area contributed by atoms with Crippen LogP contribution in [0.5, 0.6) is 0 Å². The fourth-order valence-corrected chi connectivity index (χ4v) is 3.08. The first-order chi connectivity index (χ1) is 12.1. The molecule has 0 fully saturated rings. The van der Waals surface area contributed by atoms with Gasteiger partial charge in [0.05, 0.1) is 0 Å². The highest BCUT2D eigenvalue weighted by atomic mass is 15.2. The Morgan fingerprint density at radius 1 is 1.04 bits per heavy atom. The van der Waals surface area contributed by atoms with E-state index in [0.29, 0.717) is 0 Å². The summed E-state index contributed by atoms with van der Waals surface area (Å²) in [6.07, 6.45) is 3.69. The number of guanidine groups is 1. The van der Waals surface area contributed by atoms with E-state index in [1.807, 2.05) is 24.4 Å². The Hall–Kier alpha value is -2.36. The van der Waals surface area contributed by atoms with E-state index in [1.165, 1.54) is 22.3 Å². The maximum Gasteiger partial charge on any atom is 0.191 e. The summed E-state index contributed by atoms with van der Waals surface area (Å²) in [5.41, 5.74) is 6.58. The van der Waals surface area contributed by atoms with Crippen LogP contribution in [0.25, 0.3) is 0 Å². The second-order valence-corrected chi connectivity index (χ2v) is 6.39. The second-order valence-electron chi connectivity index (χ2n) is 6.39. The molecule has 2 rings (SSSR count). The molecule has 0 amide bonds. The zero-order chi connectivity index (χ0) is 18.1. The lowest BCUT2D eigenvalue weighted by atomic mass is 9.97. The van der Waals surface area contributed by atoms with E-state index >= 15 is 0 Å². The predicted molar refractivity (Wildman–Crippen MR) is 106 cm³/mol. The van der Waals surface area contributed by atoms with Gasteiger partial charge in [-0.05, 0) is 62.9 Å². The molecule has 0 radical (unpaired) electrons. The Morgan fingerprint density at radius 2 is 1.80 bits per heavy atom. The summed E-state index contributed by atoms with van der Waals surface area (Å²) in [6, 6.07) is 10.5. The van der Waals surface area contributed by atoms with Gasteiger partial charge in [-0.3, -0.25) is 9.98 Å². The van der Waals surface area contributed by atoms with Crippen molar-refractivity contribution in [3.63, 3.8) is 0 Å². The zero-order valence-corrected chi connectivity index (χ0v) is 15.9. The van der Waals surface area contributed by atoms with Crippen molar-refractivity contribution in [2.75, 3.05) is 19.6 Å². The molecule has 4 nitrogen and oxygen atoms in total. The Labute approximate surface area is 151 Å². The van der Waals surface area contributed by atoms with Crippen LogP contribution in [0.1, 0.15) is 34.9 Å². The second kappa shape index (κ2) is 9.82. The third kappa shape index (κ3) is 6.22. The summed E-state index contributed by atoms with van der Waals surface area (Å²) < 4.78 is 0. The van der Waals surface area contributed by atoms with Crippen LogP contribution in [0.2, 0.25) is 0 Å². The minimum atomic E-state index is 0.731. The highest BCUT2D eigenvalue weighted by Gasteiger charge is 2.04. The van der Waals surface area contributed by atoms with E-state index in [4.69, 9.17) is 0 Å². The quantitative estimate of drug-likeness (QED) is 0.601. The number of nitrogens with one attached hydrogen (secondary N) is 2. The standard InChI is InChI=1S/C21H30N4/c1-5-22-21(24-12-9-19-8-6-7-11-23-19)25-13-10-20-17(3)14-16(2)15-18(20)4/h6-8,11,14-15H,5,9-10,12-13H2,1-4H3,(H2,22,24,25). The summed E-state index contributed by atoms with van der Waals surface area (Å²) in [5, 5.41) is 6.75. The molecule has 0 unspecified atom stereocenters.